The van der Waals surface area contributed by atoms with Crippen LogP contribution in [0.4, 0.5) is 10.1 Å². The number of hydrogen-bond acceptors (Lipinski definition) is 3. The fourth-order valence-corrected chi connectivity index (χ4v) is 1.59. The van der Waals surface area contributed by atoms with Crippen molar-refractivity contribution in [3.63, 3.8) is 0 Å². The van der Waals surface area contributed by atoms with Gasteiger partial charge in [-0.1, -0.05) is 26.8 Å². The van der Waals surface area contributed by atoms with E-state index in [0.29, 0.717) is 0 Å². The number of nitrogens with one attached hydrogen (secondary N) is 1. The van der Waals surface area contributed by atoms with Gasteiger partial charge in [0.1, 0.15) is 11.9 Å². The number of nitrogens with two attached hydrogens (primary N) is 1. The Labute approximate surface area is 110 Å². The Morgan fingerprint density at radius 3 is 2.42 bits per heavy atom. The lowest BCUT2D eigenvalue weighted by atomic mass is 9.86. The Bertz CT molecular complexity index is 509. The SMILES string of the molecule is CC(C)(C)[C@@H](NC(=O)c1cccc(F)c1N)C(=O)O. The molecule has 1 amide bonds. The molecule has 0 saturated carbocycles. The molecular formula is C13H17FN2O3. The van der Waals surface area contributed by atoms with Gasteiger partial charge >= 0.3 is 5.97 Å². The number of halogens is 1. The molecule has 0 saturated heterocycles. The van der Waals surface area contributed by atoms with Crippen LogP contribution in [-0.4, -0.2) is 23.0 Å². The van der Waals surface area contributed by atoms with Crippen LogP contribution >= 0.6 is 0 Å². The summed E-state index contributed by atoms with van der Waals surface area (Å²) in [5.41, 5.74) is 4.42. The molecule has 0 aromatic heterocycles. The van der Waals surface area contributed by atoms with E-state index in [1.54, 1.807) is 20.8 Å². The lowest BCUT2D eigenvalue weighted by molar-refractivity contribution is -0.142. The largest absolute Gasteiger partial charge is 0.480 e. The van der Waals surface area contributed by atoms with Gasteiger partial charge in [-0.05, 0) is 17.5 Å². The predicted octanol–water partition coefficient (Wildman–Crippen LogP) is 1.64. The van der Waals surface area contributed by atoms with Crippen LogP contribution in [0.15, 0.2) is 18.2 Å². The number of benzene rings is 1. The second-order valence-corrected chi connectivity index (χ2v) is 5.31. The summed E-state index contributed by atoms with van der Waals surface area (Å²) in [7, 11) is 0. The van der Waals surface area contributed by atoms with E-state index < -0.39 is 29.2 Å². The summed E-state index contributed by atoms with van der Waals surface area (Å²) >= 11 is 0. The number of para-hydroxylation sites is 1. The van der Waals surface area contributed by atoms with Crippen molar-refractivity contribution < 1.29 is 19.1 Å². The predicted molar refractivity (Wildman–Crippen MR) is 69.2 cm³/mol. The molecule has 0 aliphatic heterocycles. The van der Waals surface area contributed by atoms with Gasteiger partial charge in [0, 0.05) is 0 Å². The third-order valence-corrected chi connectivity index (χ3v) is 2.69. The summed E-state index contributed by atoms with van der Waals surface area (Å²) < 4.78 is 13.2. The van der Waals surface area contributed by atoms with Crippen molar-refractivity contribution in [1.82, 2.24) is 5.32 Å². The fraction of sp³-hybridized carbons (Fsp3) is 0.385. The molecule has 5 nitrogen and oxygen atoms in total. The number of aliphatic carboxylic acids is 1. The third kappa shape index (κ3) is 3.43. The zero-order chi connectivity index (χ0) is 14.8. The van der Waals surface area contributed by atoms with Crippen molar-refractivity contribution in [2.75, 3.05) is 5.73 Å². The minimum Gasteiger partial charge on any atom is -0.480 e. The van der Waals surface area contributed by atoms with Gasteiger partial charge in [-0.3, -0.25) is 4.79 Å². The molecule has 6 heteroatoms. The van der Waals surface area contributed by atoms with Crippen molar-refractivity contribution in [1.29, 1.82) is 0 Å². The molecule has 0 aliphatic rings. The molecule has 1 atom stereocenters. The Kier molecular flexibility index (Phi) is 4.14. The maximum Gasteiger partial charge on any atom is 0.326 e. The second kappa shape index (κ2) is 5.26. The van der Waals surface area contributed by atoms with E-state index in [4.69, 9.17) is 10.8 Å². The van der Waals surface area contributed by atoms with Gasteiger partial charge in [-0.25, -0.2) is 9.18 Å². The van der Waals surface area contributed by atoms with Crippen LogP contribution in [-0.2, 0) is 4.79 Å². The molecule has 4 N–H and O–H groups in total. The van der Waals surface area contributed by atoms with Gasteiger partial charge in [-0.2, -0.15) is 0 Å². The van der Waals surface area contributed by atoms with Crippen molar-refractivity contribution in [2.45, 2.75) is 26.8 Å². The van der Waals surface area contributed by atoms with Crippen molar-refractivity contribution in [2.24, 2.45) is 5.41 Å². The van der Waals surface area contributed by atoms with Crippen LogP contribution in [0.2, 0.25) is 0 Å². The van der Waals surface area contributed by atoms with E-state index in [0.717, 1.165) is 6.07 Å². The van der Waals surface area contributed by atoms with Gasteiger partial charge in [0.25, 0.3) is 5.91 Å². The number of carboxylic acids is 1. The van der Waals surface area contributed by atoms with Crippen molar-refractivity contribution in [3.05, 3.63) is 29.6 Å². The zero-order valence-electron chi connectivity index (χ0n) is 11.0. The quantitative estimate of drug-likeness (QED) is 0.726. The zero-order valence-corrected chi connectivity index (χ0v) is 11.0. The van der Waals surface area contributed by atoms with E-state index in [1.807, 2.05) is 0 Å². The number of rotatable bonds is 3. The van der Waals surface area contributed by atoms with Crippen LogP contribution in [0.25, 0.3) is 0 Å². The maximum absolute atomic E-state index is 13.2. The minimum absolute atomic E-state index is 0.0736. The number of nitrogen functional groups attached to an aromatic ring is 1. The lowest BCUT2D eigenvalue weighted by Crippen LogP contribution is -2.49. The molecule has 1 aromatic rings. The average Bonchev–Trinajstić information content (AvgIpc) is 2.27. The summed E-state index contributed by atoms with van der Waals surface area (Å²) in [6.07, 6.45) is 0. The van der Waals surface area contributed by atoms with Crippen LogP contribution < -0.4 is 11.1 Å². The maximum atomic E-state index is 13.2. The molecule has 19 heavy (non-hydrogen) atoms. The van der Waals surface area contributed by atoms with Gasteiger partial charge < -0.3 is 16.2 Å². The molecule has 104 valence electrons. The normalized spacial score (nSPS) is 12.8. The Morgan fingerprint density at radius 2 is 1.95 bits per heavy atom. The number of anilines is 1. The van der Waals surface area contributed by atoms with Crippen LogP contribution in [0.3, 0.4) is 0 Å². The fourth-order valence-electron chi connectivity index (χ4n) is 1.59. The summed E-state index contributed by atoms with van der Waals surface area (Å²) in [4.78, 5) is 23.1. The number of hydrogen-bond donors (Lipinski definition) is 3. The number of carbonyl (C=O) groups is 2. The molecule has 1 rings (SSSR count). The molecular weight excluding hydrogens is 251 g/mol. The molecule has 0 heterocycles. The second-order valence-electron chi connectivity index (χ2n) is 5.31. The Hall–Kier alpha value is -2.11. The van der Waals surface area contributed by atoms with E-state index in [9.17, 15) is 14.0 Å². The summed E-state index contributed by atoms with van der Waals surface area (Å²) in [5, 5.41) is 11.5. The van der Waals surface area contributed by atoms with E-state index in [1.165, 1.54) is 12.1 Å². The van der Waals surface area contributed by atoms with E-state index in [-0.39, 0.29) is 11.3 Å². The summed E-state index contributed by atoms with van der Waals surface area (Å²) in [6, 6.07) is 2.72. The summed E-state index contributed by atoms with van der Waals surface area (Å²) in [5.74, 6) is -2.58. The molecule has 0 bridgehead atoms. The molecule has 1 aromatic carbocycles. The average molecular weight is 268 g/mol. The number of carbonyl (C=O) groups excluding carboxylic acids is 1. The van der Waals surface area contributed by atoms with Crippen molar-refractivity contribution in [3.8, 4) is 0 Å². The minimum atomic E-state index is -1.16. The molecule has 0 aliphatic carbocycles. The van der Waals surface area contributed by atoms with E-state index in [2.05, 4.69) is 5.32 Å². The van der Waals surface area contributed by atoms with Crippen LogP contribution in [0.5, 0.6) is 0 Å². The highest BCUT2D eigenvalue weighted by Gasteiger charge is 2.33. The first-order chi connectivity index (χ1) is 8.64. The molecule has 0 radical (unpaired) electrons. The topological polar surface area (TPSA) is 92.4 Å². The number of amides is 1. The van der Waals surface area contributed by atoms with Gasteiger partial charge in [-0.15, -0.1) is 0 Å². The van der Waals surface area contributed by atoms with Gasteiger partial charge in [0.15, 0.2) is 0 Å². The van der Waals surface area contributed by atoms with Crippen molar-refractivity contribution >= 4 is 17.6 Å². The molecule has 0 spiro atoms. The smallest absolute Gasteiger partial charge is 0.326 e. The lowest BCUT2D eigenvalue weighted by Gasteiger charge is -2.27. The van der Waals surface area contributed by atoms with Gasteiger partial charge in [0.2, 0.25) is 0 Å². The Balaban J connectivity index is 3.02. The molecule has 0 fully saturated rings. The number of carboxylic acid groups (broad SMARTS) is 1. The van der Waals surface area contributed by atoms with Crippen LogP contribution in [0.1, 0.15) is 31.1 Å². The first kappa shape index (κ1) is 14.9. The third-order valence-electron chi connectivity index (χ3n) is 2.69. The highest BCUT2D eigenvalue weighted by Crippen LogP contribution is 2.21. The van der Waals surface area contributed by atoms with Crippen LogP contribution in [0, 0.1) is 11.2 Å². The highest BCUT2D eigenvalue weighted by molar-refractivity contribution is 6.01. The Morgan fingerprint density at radius 1 is 1.37 bits per heavy atom. The highest BCUT2D eigenvalue weighted by atomic mass is 19.1. The first-order valence-corrected chi connectivity index (χ1v) is 5.72. The standard InChI is InChI=1S/C13H17FN2O3/c1-13(2,3)10(12(18)19)16-11(17)7-5-4-6-8(14)9(7)15/h4-6,10H,15H2,1-3H3,(H,16,17)(H,18,19)/t10-/m0/s1. The summed E-state index contributed by atoms with van der Waals surface area (Å²) in [6.45, 7) is 5.04. The molecule has 0 unspecified atom stereocenters. The van der Waals surface area contributed by atoms with Gasteiger partial charge in [0.05, 0.1) is 11.3 Å². The first-order valence-electron chi connectivity index (χ1n) is 5.72. The monoisotopic (exact) mass is 268 g/mol. The van der Waals surface area contributed by atoms with E-state index >= 15 is 0 Å².